The minimum Gasteiger partial charge on any atom is -1.00 e. The van der Waals surface area contributed by atoms with Crippen molar-refractivity contribution in [3.05, 3.63) is 59.7 Å². The van der Waals surface area contributed by atoms with E-state index in [4.69, 9.17) is 9.47 Å². The fourth-order valence-electron chi connectivity index (χ4n) is 5.97. The predicted molar refractivity (Wildman–Crippen MR) is 102 cm³/mol. The first kappa shape index (κ1) is 19.2. The molecule has 6 heteroatoms. The summed E-state index contributed by atoms with van der Waals surface area (Å²) in [5.74, 6) is -0.559. The van der Waals surface area contributed by atoms with Crippen molar-refractivity contribution in [1.82, 2.24) is 0 Å². The summed E-state index contributed by atoms with van der Waals surface area (Å²) in [5.41, 5.74) is 1.28. The predicted octanol–water partition coefficient (Wildman–Crippen LogP) is -0.793. The standard InChI is InChI=1S/C23H24NO4.BrH/c1-24(2)18-11-13(12-19(24)21-20(18)28-21)27-22(25)23(26)16-9-5-3-7-14(16)15-8-4-6-10-17(15)23;/h3-10,13,18-21,26H,11-12H2,1-2H3;1H/q+1;/p-1/t13?,18?,19?,20-,21?;/m1./s1. The van der Waals surface area contributed by atoms with Crippen LogP contribution in [0.15, 0.2) is 48.5 Å². The Balaban J connectivity index is 0.00000181. The summed E-state index contributed by atoms with van der Waals surface area (Å²) < 4.78 is 12.7. The third kappa shape index (κ3) is 2.40. The van der Waals surface area contributed by atoms with Gasteiger partial charge in [0.15, 0.2) is 0 Å². The number of aliphatic hydroxyl groups is 1. The van der Waals surface area contributed by atoms with Crippen molar-refractivity contribution in [3.8, 4) is 11.1 Å². The Morgan fingerprint density at radius 1 is 1.00 bits per heavy atom. The Kier molecular flexibility index (Phi) is 4.07. The van der Waals surface area contributed by atoms with E-state index in [-0.39, 0.29) is 23.1 Å². The molecular weight excluding hydrogens is 434 g/mol. The Bertz CT molecular complexity index is 940. The molecule has 0 saturated carbocycles. The minimum atomic E-state index is -1.74. The molecule has 3 fully saturated rings. The molecule has 3 aliphatic heterocycles. The summed E-state index contributed by atoms with van der Waals surface area (Å²) in [4.78, 5) is 13.3. The average molecular weight is 458 g/mol. The van der Waals surface area contributed by atoms with Crippen LogP contribution in [0.1, 0.15) is 24.0 Å². The van der Waals surface area contributed by atoms with E-state index in [0.29, 0.717) is 35.4 Å². The molecule has 2 aromatic rings. The number of carbonyl (C=O) groups is 1. The van der Waals surface area contributed by atoms with Gasteiger partial charge in [-0.05, 0) is 11.1 Å². The maximum absolute atomic E-state index is 13.3. The van der Waals surface area contributed by atoms with Gasteiger partial charge >= 0.3 is 5.97 Å². The molecule has 0 aromatic heterocycles. The largest absolute Gasteiger partial charge is 1.00 e. The van der Waals surface area contributed by atoms with Crippen LogP contribution in [0.5, 0.6) is 0 Å². The zero-order valence-electron chi connectivity index (χ0n) is 16.4. The van der Waals surface area contributed by atoms with E-state index in [1.807, 2.05) is 48.5 Å². The number of quaternary nitrogens is 1. The van der Waals surface area contributed by atoms with E-state index in [2.05, 4.69) is 14.1 Å². The number of esters is 1. The van der Waals surface area contributed by atoms with Gasteiger partial charge in [-0.1, -0.05) is 48.5 Å². The quantitative estimate of drug-likeness (QED) is 0.364. The number of likely N-dealkylation sites (N-methyl/N-ethyl adjacent to an activating group) is 1. The number of rotatable bonds is 2. The monoisotopic (exact) mass is 457 g/mol. The summed E-state index contributed by atoms with van der Waals surface area (Å²) in [7, 11) is 4.50. The summed E-state index contributed by atoms with van der Waals surface area (Å²) in [6, 6.07) is 15.8. The third-order valence-corrected chi connectivity index (χ3v) is 7.53. The molecule has 2 aromatic carbocycles. The van der Waals surface area contributed by atoms with Crippen LogP contribution in [-0.4, -0.2) is 60.0 Å². The molecule has 0 amide bonds. The Labute approximate surface area is 180 Å². The van der Waals surface area contributed by atoms with E-state index in [1.54, 1.807) is 0 Å². The summed E-state index contributed by atoms with van der Waals surface area (Å²) in [6.07, 6.45) is 2.01. The minimum absolute atomic E-state index is 0. The zero-order chi connectivity index (χ0) is 19.3. The second-order valence-corrected chi connectivity index (χ2v) is 9.13. The van der Waals surface area contributed by atoms with Gasteiger partial charge in [0.25, 0.3) is 0 Å². The molecule has 1 aliphatic carbocycles. The van der Waals surface area contributed by atoms with Crippen LogP contribution in [-0.2, 0) is 19.9 Å². The van der Waals surface area contributed by atoms with Crippen LogP contribution >= 0.6 is 0 Å². The molecule has 4 unspecified atom stereocenters. The highest BCUT2D eigenvalue weighted by Gasteiger charge is 2.71. The van der Waals surface area contributed by atoms with E-state index < -0.39 is 11.6 Å². The smallest absolute Gasteiger partial charge is 0.348 e. The van der Waals surface area contributed by atoms with Crippen molar-refractivity contribution in [3.63, 3.8) is 0 Å². The number of carbonyl (C=O) groups excluding carboxylic acids is 1. The average Bonchev–Trinajstić information content (AvgIpc) is 3.40. The Morgan fingerprint density at radius 3 is 2.00 bits per heavy atom. The summed E-state index contributed by atoms with van der Waals surface area (Å²) in [5, 5.41) is 11.6. The topological polar surface area (TPSA) is 59.1 Å². The summed E-state index contributed by atoms with van der Waals surface area (Å²) in [6.45, 7) is 0. The molecule has 3 heterocycles. The molecule has 4 aliphatic rings. The lowest BCUT2D eigenvalue weighted by Crippen LogP contribution is -3.00. The number of nitrogens with zero attached hydrogens (tertiary/aromatic N) is 1. The van der Waals surface area contributed by atoms with Crippen LogP contribution < -0.4 is 17.0 Å². The van der Waals surface area contributed by atoms with Gasteiger partial charge in [0, 0.05) is 24.0 Å². The molecule has 1 N–H and O–H groups in total. The molecule has 29 heavy (non-hydrogen) atoms. The molecule has 0 spiro atoms. The van der Waals surface area contributed by atoms with Crippen molar-refractivity contribution in [2.24, 2.45) is 0 Å². The number of piperidine rings is 1. The highest BCUT2D eigenvalue weighted by atomic mass is 79.9. The number of morpholine rings is 1. The molecule has 6 rings (SSSR count). The van der Waals surface area contributed by atoms with Gasteiger partial charge in [-0.15, -0.1) is 0 Å². The molecule has 5 nitrogen and oxygen atoms in total. The van der Waals surface area contributed by atoms with Crippen LogP contribution in [0.25, 0.3) is 11.1 Å². The molecule has 3 saturated heterocycles. The molecule has 2 bridgehead atoms. The number of halogens is 1. The summed E-state index contributed by atoms with van der Waals surface area (Å²) >= 11 is 0. The lowest BCUT2D eigenvalue weighted by Gasteiger charge is -2.45. The highest BCUT2D eigenvalue weighted by Crippen LogP contribution is 2.53. The SMILES string of the molecule is C[N+]1(C)C2CC(OC(=O)C3(O)c4ccccc4-c4ccccc43)CC1[C@H]1OC21.[Br-]. The van der Waals surface area contributed by atoms with E-state index in [0.717, 1.165) is 28.5 Å². The van der Waals surface area contributed by atoms with Gasteiger partial charge in [-0.3, -0.25) is 0 Å². The van der Waals surface area contributed by atoms with Crippen molar-refractivity contribution in [2.75, 3.05) is 14.1 Å². The highest BCUT2D eigenvalue weighted by molar-refractivity contribution is 5.96. The zero-order valence-corrected chi connectivity index (χ0v) is 18.0. The first-order valence-corrected chi connectivity index (χ1v) is 10.0. The van der Waals surface area contributed by atoms with E-state index >= 15 is 0 Å². The third-order valence-electron chi connectivity index (χ3n) is 7.53. The van der Waals surface area contributed by atoms with Gasteiger partial charge < -0.3 is 36.0 Å². The molecule has 5 atom stereocenters. The van der Waals surface area contributed by atoms with Crippen molar-refractivity contribution >= 4 is 5.97 Å². The van der Waals surface area contributed by atoms with Crippen LogP contribution in [0.4, 0.5) is 0 Å². The molecular formula is C23H24BrNO4. The van der Waals surface area contributed by atoms with Crippen LogP contribution in [0, 0.1) is 0 Å². The number of hydrogen-bond acceptors (Lipinski definition) is 4. The van der Waals surface area contributed by atoms with Crippen LogP contribution in [0.3, 0.4) is 0 Å². The van der Waals surface area contributed by atoms with Crippen LogP contribution in [0.2, 0.25) is 0 Å². The van der Waals surface area contributed by atoms with Crippen molar-refractivity contribution < 1.29 is 40.8 Å². The van der Waals surface area contributed by atoms with Crippen molar-refractivity contribution in [2.45, 2.75) is 48.8 Å². The second kappa shape index (κ2) is 6.14. The maximum atomic E-state index is 13.3. The van der Waals surface area contributed by atoms with E-state index in [1.165, 1.54) is 0 Å². The lowest BCUT2D eigenvalue weighted by atomic mass is 9.91. The number of fused-ring (bicyclic) bond motifs is 8. The van der Waals surface area contributed by atoms with Gasteiger partial charge in [-0.25, -0.2) is 4.79 Å². The van der Waals surface area contributed by atoms with Gasteiger partial charge in [0.1, 0.15) is 30.4 Å². The lowest BCUT2D eigenvalue weighted by molar-refractivity contribution is -0.938. The number of hydrogen-bond donors (Lipinski definition) is 1. The molecule has 0 radical (unpaired) electrons. The first-order chi connectivity index (χ1) is 13.4. The number of epoxide rings is 1. The van der Waals surface area contributed by atoms with Crippen molar-refractivity contribution in [1.29, 1.82) is 0 Å². The normalized spacial score (nSPS) is 33.7. The second-order valence-electron chi connectivity index (χ2n) is 9.13. The fourth-order valence-corrected chi connectivity index (χ4v) is 5.97. The maximum Gasteiger partial charge on any atom is 0.348 e. The molecule has 152 valence electrons. The van der Waals surface area contributed by atoms with Gasteiger partial charge in [0.2, 0.25) is 5.60 Å². The Morgan fingerprint density at radius 2 is 1.48 bits per heavy atom. The van der Waals surface area contributed by atoms with Gasteiger partial charge in [0.05, 0.1) is 14.1 Å². The number of benzene rings is 2. The fraction of sp³-hybridized carbons (Fsp3) is 0.435. The van der Waals surface area contributed by atoms with E-state index in [9.17, 15) is 9.90 Å². The Hall–Kier alpha value is -1.73. The van der Waals surface area contributed by atoms with Gasteiger partial charge in [-0.2, -0.15) is 0 Å². The number of ether oxygens (including phenoxy) is 2. The first-order valence-electron chi connectivity index (χ1n) is 10.0.